The molecule has 2 aliphatic carbocycles. The van der Waals surface area contributed by atoms with Gasteiger partial charge < -0.3 is 19.8 Å². The predicted octanol–water partition coefficient (Wildman–Crippen LogP) is 8.37. The number of ether oxygens (including phenoxy) is 1. The second-order valence-electron chi connectivity index (χ2n) is 14.2. The molecule has 2 N–H and O–H groups in total. The van der Waals surface area contributed by atoms with Crippen molar-refractivity contribution in [2.75, 3.05) is 18.1 Å². The average Bonchev–Trinajstić information content (AvgIpc) is 4.06. The standard InChI is InChI=1S/C39H37ClF6N2O6S/c1-20(2)19-54-31-14-24(39(50)51)8-10-30(31)48(16-21-11-26(22-3-4-22)13-27(12-21)23-5-6-23)32(49)18-47(17-25-7-9-28(41)15-29(25)40)55(52,53)38-36(45)34(43)33(42)35(44)37(38)46/h7-15,20,22-23,39,50-51H,3-6,16-19H2,1-2H3. The van der Waals surface area contributed by atoms with Crippen LogP contribution < -0.4 is 9.64 Å². The summed E-state index contributed by atoms with van der Waals surface area (Å²) < 4.78 is 121. The highest BCUT2D eigenvalue weighted by atomic mass is 35.5. The number of carbonyl (C=O) groups is 1. The molecule has 16 heteroatoms. The summed E-state index contributed by atoms with van der Waals surface area (Å²) in [6.45, 7) is 1.38. The third-order valence-corrected chi connectivity index (χ3v) is 11.5. The Balaban J connectivity index is 1.49. The van der Waals surface area contributed by atoms with Crippen molar-refractivity contribution >= 4 is 33.2 Å². The monoisotopic (exact) mass is 810 g/mol. The van der Waals surface area contributed by atoms with Crippen LogP contribution in [0.25, 0.3) is 0 Å². The molecule has 294 valence electrons. The van der Waals surface area contributed by atoms with Crippen LogP contribution in [-0.2, 0) is 27.9 Å². The van der Waals surface area contributed by atoms with Crippen molar-refractivity contribution < 1.29 is 54.5 Å². The molecular formula is C39H37ClF6N2O6S. The van der Waals surface area contributed by atoms with Gasteiger partial charge in [-0.1, -0.05) is 55.8 Å². The number of amides is 1. The first-order valence-electron chi connectivity index (χ1n) is 17.5. The second kappa shape index (κ2) is 16.1. The summed E-state index contributed by atoms with van der Waals surface area (Å²) in [5, 5.41) is 19.5. The first-order chi connectivity index (χ1) is 26.0. The van der Waals surface area contributed by atoms with Crippen LogP contribution in [0.15, 0.2) is 59.5 Å². The van der Waals surface area contributed by atoms with Crippen LogP contribution in [0.1, 0.15) is 85.5 Å². The first kappa shape index (κ1) is 40.5. The molecule has 0 bridgehead atoms. The van der Waals surface area contributed by atoms with E-state index in [1.165, 1.54) is 18.2 Å². The molecule has 0 atom stereocenters. The minimum atomic E-state index is -5.76. The molecule has 0 spiro atoms. The fourth-order valence-corrected chi connectivity index (χ4v) is 7.87. The van der Waals surface area contributed by atoms with E-state index in [0.717, 1.165) is 59.9 Å². The SMILES string of the molecule is CC(C)COc1cc(C(O)O)ccc1N(Cc1cc(C2CC2)cc(C2CC2)c1)C(=O)CN(Cc1ccc(F)cc1Cl)S(=O)(=O)c1c(F)c(F)c(F)c(F)c1F. The highest BCUT2D eigenvalue weighted by Crippen LogP contribution is 2.46. The van der Waals surface area contributed by atoms with E-state index < -0.39 is 75.1 Å². The van der Waals surface area contributed by atoms with Crippen LogP contribution in [0.2, 0.25) is 5.02 Å². The van der Waals surface area contributed by atoms with Gasteiger partial charge in [0, 0.05) is 17.1 Å². The maximum absolute atomic E-state index is 15.1. The van der Waals surface area contributed by atoms with E-state index in [1.54, 1.807) is 0 Å². The third-order valence-electron chi connectivity index (χ3n) is 9.36. The van der Waals surface area contributed by atoms with Gasteiger partial charge >= 0.3 is 0 Å². The fourth-order valence-electron chi connectivity index (χ4n) is 6.16. The van der Waals surface area contributed by atoms with Gasteiger partial charge in [0.05, 0.1) is 25.4 Å². The molecule has 4 aromatic rings. The number of nitrogens with zero attached hydrogens (tertiary/aromatic N) is 2. The van der Waals surface area contributed by atoms with E-state index in [9.17, 15) is 41.0 Å². The largest absolute Gasteiger partial charge is 0.491 e. The van der Waals surface area contributed by atoms with Crippen molar-refractivity contribution in [3.8, 4) is 5.75 Å². The zero-order valence-electron chi connectivity index (χ0n) is 29.6. The molecule has 2 fully saturated rings. The molecule has 2 saturated carbocycles. The van der Waals surface area contributed by atoms with Gasteiger partial charge in [-0.15, -0.1) is 0 Å². The van der Waals surface area contributed by atoms with Gasteiger partial charge in [-0.05, 0) is 90.0 Å². The number of carbonyl (C=O) groups excluding carboxylic acids is 1. The molecule has 0 heterocycles. The van der Waals surface area contributed by atoms with Crippen molar-refractivity contribution in [3.63, 3.8) is 0 Å². The van der Waals surface area contributed by atoms with E-state index in [-0.39, 0.29) is 51.0 Å². The Morgan fingerprint density at radius 3 is 1.93 bits per heavy atom. The maximum Gasteiger partial charge on any atom is 0.249 e. The van der Waals surface area contributed by atoms with E-state index in [1.807, 2.05) is 26.0 Å². The Hall–Kier alpha value is -4.15. The third kappa shape index (κ3) is 8.96. The highest BCUT2D eigenvalue weighted by Gasteiger charge is 2.39. The zero-order valence-corrected chi connectivity index (χ0v) is 31.2. The quantitative estimate of drug-likeness (QED) is 0.0541. The second-order valence-corrected chi connectivity index (χ2v) is 16.5. The molecule has 0 aromatic heterocycles. The number of halogens is 7. The van der Waals surface area contributed by atoms with Crippen molar-refractivity contribution in [3.05, 3.63) is 122 Å². The maximum atomic E-state index is 15.1. The first-order valence-corrected chi connectivity index (χ1v) is 19.3. The molecule has 0 saturated heterocycles. The number of aliphatic hydroxyl groups is 2. The highest BCUT2D eigenvalue weighted by molar-refractivity contribution is 7.89. The zero-order chi connectivity index (χ0) is 39.9. The van der Waals surface area contributed by atoms with Gasteiger partial charge in [-0.2, -0.15) is 4.31 Å². The molecular weight excluding hydrogens is 774 g/mol. The molecule has 0 radical (unpaired) electrons. The number of aliphatic hydroxyl groups excluding tert-OH is 1. The minimum Gasteiger partial charge on any atom is -0.491 e. The van der Waals surface area contributed by atoms with E-state index in [0.29, 0.717) is 17.4 Å². The van der Waals surface area contributed by atoms with Gasteiger partial charge in [0.2, 0.25) is 21.7 Å². The van der Waals surface area contributed by atoms with Gasteiger partial charge in [0.1, 0.15) is 11.6 Å². The Morgan fingerprint density at radius 2 is 1.40 bits per heavy atom. The molecule has 0 unspecified atom stereocenters. The molecule has 8 nitrogen and oxygen atoms in total. The smallest absolute Gasteiger partial charge is 0.249 e. The van der Waals surface area contributed by atoms with Crippen LogP contribution in [0.3, 0.4) is 0 Å². The average molecular weight is 811 g/mol. The summed E-state index contributed by atoms with van der Waals surface area (Å²) >= 11 is 6.19. The number of rotatable bonds is 15. The van der Waals surface area contributed by atoms with Crippen molar-refractivity contribution in [1.82, 2.24) is 4.31 Å². The van der Waals surface area contributed by atoms with Crippen LogP contribution in [-0.4, -0.2) is 42.0 Å². The van der Waals surface area contributed by atoms with Crippen molar-refractivity contribution in [2.24, 2.45) is 5.92 Å². The lowest BCUT2D eigenvalue weighted by molar-refractivity contribution is -0.119. The van der Waals surface area contributed by atoms with Crippen LogP contribution in [0, 0.1) is 40.8 Å². The predicted molar refractivity (Wildman–Crippen MR) is 191 cm³/mol. The van der Waals surface area contributed by atoms with Gasteiger partial charge in [-0.25, -0.2) is 34.8 Å². The number of anilines is 1. The summed E-state index contributed by atoms with van der Waals surface area (Å²) in [5.41, 5.74) is 2.66. The van der Waals surface area contributed by atoms with Crippen molar-refractivity contribution in [1.29, 1.82) is 0 Å². The minimum absolute atomic E-state index is 0.00289. The number of benzene rings is 4. The van der Waals surface area contributed by atoms with Crippen LogP contribution in [0.5, 0.6) is 5.75 Å². The van der Waals surface area contributed by atoms with Gasteiger partial charge in [0.15, 0.2) is 34.5 Å². The molecule has 55 heavy (non-hydrogen) atoms. The summed E-state index contributed by atoms with van der Waals surface area (Å²) in [6, 6.07) is 12.7. The fraction of sp³-hybridized carbons (Fsp3) is 0.359. The summed E-state index contributed by atoms with van der Waals surface area (Å²) in [4.78, 5) is 13.6. The summed E-state index contributed by atoms with van der Waals surface area (Å²) in [5.74, 6) is -14.2. The molecule has 0 aliphatic heterocycles. The van der Waals surface area contributed by atoms with Crippen molar-refractivity contribution in [2.45, 2.75) is 75.6 Å². The normalized spacial score (nSPS) is 14.7. The lowest BCUT2D eigenvalue weighted by atomic mass is 9.99. The molecule has 2 aliphatic rings. The number of hydrogen-bond donors (Lipinski definition) is 2. The lowest BCUT2D eigenvalue weighted by Gasteiger charge is -2.30. The number of sulfonamides is 1. The van der Waals surface area contributed by atoms with E-state index in [2.05, 4.69) is 6.07 Å². The Kier molecular flexibility index (Phi) is 11.9. The Bertz CT molecular complexity index is 2170. The molecule has 6 rings (SSSR count). The Morgan fingerprint density at radius 1 is 0.818 bits per heavy atom. The van der Waals surface area contributed by atoms with Crippen LogP contribution in [0.4, 0.5) is 32.0 Å². The lowest BCUT2D eigenvalue weighted by Crippen LogP contribution is -2.43. The molecule has 4 aromatic carbocycles. The van der Waals surface area contributed by atoms with Crippen LogP contribution >= 0.6 is 11.6 Å². The van der Waals surface area contributed by atoms with E-state index >= 15 is 8.78 Å². The summed E-state index contributed by atoms with van der Waals surface area (Å²) in [7, 11) is -5.76. The summed E-state index contributed by atoms with van der Waals surface area (Å²) in [6.07, 6.45) is 1.98. The van der Waals surface area contributed by atoms with E-state index in [4.69, 9.17) is 16.3 Å². The number of hydrogen-bond acceptors (Lipinski definition) is 6. The Labute approximate surface area is 319 Å². The molecule has 1 amide bonds. The van der Waals surface area contributed by atoms with Gasteiger partial charge in [0.25, 0.3) is 0 Å². The van der Waals surface area contributed by atoms with Gasteiger partial charge in [-0.3, -0.25) is 4.79 Å². The topological polar surface area (TPSA) is 107 Å².